The molecule has 3 aromatic heterocycles. The molecule has 0 unspecified atom stereocenters. The second-order valence-electron chi connectivity index (χ2n) is 6.95. The summed E-state index contributed by atoms with van der Waals surface area (Å²) in [5.41, 5.74) is 9.73. The van der Waals surface area contributed by atoms with Crippen LogP contribution in [0.1, 0.15) is 24.2 Å². The number of pyridine rings is 1. The van der Waals surface area contributed by atoms with Gasteiger partial charge in [0, 0.05) is 11.3 Å². The lowest BCUT2D eigenvalue weighted by molar-refractivity contribution is 0.276. The van der Waals surface area contributed by atoms with Crippen LogP contribution < -0.4 is 10.5 Å². The summed E-state index contributed by atoms with van der Waals surface area (Å²) in [4.78, 5) is 13.4. The van der Waals surface area contributed by atoms with Gasteiger partial charge >= 0.3 is 0 Å². The maximum Gasteiger partial charge on any atom is 0.172 e. The van der Waals surface area contributed by atoms with E-state index in [9.17, 15) is 5.11 Å². The van der Waals surface area contributed by atoms with Gasteiger partial charge in [0.15, 0.2) is 5.82 Å². The molecule has 0 saturated heterocycles. The number of aryl methyl sites for hydroxylation is 1. The molecule has 0 fully saturated rings. The van der Waals surface area contributed by atoms with Gasteiger partial charge in [0.25, 0.3) is 0 Å². The highest BCUT2D eigenvalue weighted by Crippen LogP contribution is 2.32. The molecule has 0 radical (unpaired) electrons. The van der Waals surface area contributed by atoms with E-state index in [1.807, 2.05) is 30.3 Å². The topological polar surface area (TPSA) is 112 Å². The van der Waals surface area contributed by atoms with Crippen molar-refractivity contribution >= 4 is 10.9 Å². The molecule has 154 valence electrons. The number of unbranched alkanes of at least 4 members (excludes halogenated alkanes) is 1. The monoisotopic (exact) mass is 404 g/mol. The summed E-state index contributed by atoms with van der Waals surface area (Å²) in [7, 11) is 1.64. The van der Waals surface area contributed by atoms with Crippen LogP contribution in [0.5, 0.6) is 5.75 Å². The Morgan fingerprint density at radius 2 is 1.97 bits per heavy atom. The smallest absolute Gasteiger partial charge is 0.172 e. The summed E-state index contributed by atoms with van der Waals surface area (Å²) >= 11 is 0. The van der Waals surface area contributed by atoms with Gasteiger partial charge in [-0.1, -0.05) is 6.07 Å². The number of fused-ring (bicyclic) bond motifs is 1. The van der Waals surface area contributed by atoms with Crippen LogP contribution in [-0.4, -0.2) is 43.5 Å². The fourth-order valence-electron chi connectivity index (χ4n) is 3.40. The summed E-state index contributed by atoms with van der Waals surface area (Å²) in [5, 5.41) is 14.7. The maximum absolute atomic E-state index is 9.38. The Labute approximate surface area is 174 Å². The van der Waals surface area contributed by atoms with Crippen molar-refractivity contribution in [2.24, 2.45) is 5.73 Å². The number of hydrogen-bond acceptors (Lipinski definition) is 7. The first kappa shape index (κ1) is 19.9. The van der Waals surface area contributed by atoms with Crippen LogP contribution >= 0.6 is 0 Å². The van der Waals surface area contributed by atoms with E-state index in [0.29, 0.717) is 23.8 Å². The molecule has 0 saturated carbocycles. The van der Waals surface area contributed by atoms with Gasteiger partial charge in [-0.15, -0.1) is 0 Å². The normalized spacial score (nSPS) is 11.2. The van der Waals surface area contributed by atoms with Gasteiger partial charge < -0.3 is 15.6 Å². The highest BCUT2D eigenvalue weighted by Gasteiger charge is 2.14. The predicted molar refractivity (Wildman–Crippen MR) is 114 cm³/mol. The number of aromatic nitrogens is 5. The third-order valence-corrected chi connectivity index (χ3v) is 4.91. The van der Waals surface area contributed by atoms with E-state index in [4.69, 9.17) is 15.5 Å². The van der Waals surface area contributed by atoms with Crippen molar-refractivity contribution < 1.29 is 9.84 Å². The first-order valence-corrected chi connectivity index (χ1v) is 9.87. The summed E-state index contributed by atoms with van der Waals surface area (Å²) < 4.78 is 7.32. The van der Waals surface area contributed by atoms with Crippen LogP contribution in [0.3, 0.4) is 0 Å². The summed E-state index contributed by atoms with van der Waals surface area (Å²) in [6, 6.07) is 10.0. The molecule has 0 aliphatic rings. The van der Waals surface area contributed by atoms with Gasteiger partial charge in [-0.05, 0) is 50.1 Å². The van der Waals surface area contributed by atoms with Gasteiger partial charge in [-0.2, -0.15) is 5.10 Å². The zero-order valence-electron chi connectivity index (χ0n) is 16.8. The molecule has 0 atom stereocenters. The first-order valence-electron chi connectivity index (χ1n) is 9.87. The molecular formula is C22H24N6O2. The molecule has 4 aromatic rings. The second kappa shape index (κ2) is 8.98. The fourth-order valence-corrected chi connectivity index (χ4v) is 3.40. The van der Waals surface area contributed by atoms with E-state index < -0.39 is 0 Å². The Balaban J connectivity index is 1.79. The lowest BCUT2D eigenvalue weighted by Crippen LogP contribution is -2.03. The van der Waals surface area contributed by atoms with E-state index in [-0.39, 0.29) is 6.61 Å². The number of nitrogens with two attached hydrogens (primary N) is 1. The minimum atomic E-state index is -0.185. The minimum Gasteiger partial charge on any atom is -0.496 e. The molecule has 30 heavy (non-hydrogen) atoms. The zero-order chi connectivity index (χ0) is 20.9. The third-order valence-electron chi connectivity index (χ3n) is 4.91. The van der Waals surface area contributed by atoms with Gasteiger partial charge in [-0.25, -0.2) is 9.67 Å². The molecule has 8 heteroatoms. The van der Waals surface area contributed by atoms with Crippen LogP contribution in [0.15, 0.2) is 48.9 Å². The van der Waals surface area contributed by atoms with Crippen LogP contribution in [0.25, 0.3) is 28.0 Å². The Hall–Kier alpha value is -3.36. The number of nitrogens with zero attached hydrogens (tertiary/aromatic N) is 5. The standard InChI is InChI=1S/C22H24N6O2/c1-30-21-10-15(19-7-4-6-16(26-19)5-2-3-8-23)9-20-18(21)12-25-28(20)22-13-24-11-17(14-29)27-22/h4,6-7,9-13,29H,2-3,5,8,14,23H2,1H3. The van der Waals surface area contributed by atoms with Crippen LogP contribution in [0.4, 0.5) is 0 Å². The number of hydrogen-bond donors (Lipinski definition) is 2. The van der Waals surface area contributed by atoms with Crippen molar-refractivity contribution in [3.05, 3.63) is 60.3 Å². The highest BCUT2D eigenvalue weighted by atomic mass is 16.5. The Morgan fingerprint density at radius 1 is 1.07 bits per heavy atom. The second-order valence-corrected chi connectivity index (χ2v) is 6.95. The average Bonchev–Trinajstić information content (AvgIpc) is 3.23. The van der Waals surface area contributed by atoms with E-state index in [1.54, 1.807) is 24.2 Å². The Bertz CT molecular complexity index is 1160. The van der Waals surface area contributed by atoms with Gasteiger partial charge in [-0.3, -0.25) is 9.97 Å². The van der Waals surface area contributed by atoms with Crippen molar-refractivity contribution in [1.29, 1.82) is 0 Å². The van der Waals surface area contributed by atoms with Gasteiger partial charge in [0.05, 0.1) is 54.6 Å². The number of aliphatic hydroxyl groups is 1. The molecule has 0 spiro atoms. The predicted octanol–water partition coefficient (Wildman–Crippen LogP) is 2.66. The van der Waals surface area contributed by atoms with Crippen molar-refractivity contribution in [2.75, 3.05) is 13.7 Å². The van der Waals surface area contributed by atoms with E-state index in [2.05, 4.69) is 15.1 Å². The SMILES string of the molecule is COc1cc(-c2cccc(CCCCN)n2)cc2c1cnn2-c1cncc(CO)n1. The summed E-state index contributed by atoms with van der Waals surface area (Å²) in [6.45, 7) is 0.507. The number of ether oxygens (including phenoxy) is 1. The highest BCUT2D eigenvalue weighted by molar-refractivity contribution is 5.90. The molecule has 4 rings (SSSR count). The largest absolute Gasteiger partial charge is 0.496 e. The van der Waals surface area contributed by atoms with Gasteiger partial charge in [0.2, 0.25) is 0 Å². The molecular weight excluding hydrogens is 380 g/mol. The minimum absolute atomic E-state index is 0.185. The lowest BCUT2D eigenvalue weighted by atomic mass is 10.1. The number of aliphatic hydroxyl groups excluding tert-OH is 1. The van der Waals surface area contributed by atoms with Crippen molar-refractivity contribution in [3.63, 3.8) is 0 Å². The summed E-state index contributed by atoms with van der Waals surface area (Å²) in [5.74, 6) is 1.23. The van der Waals surface area contributed by atoms with Crippen molar-refractivity contribution in [1.82, 2.24) is 24.7 Å². The average molecular weight is 404 g/mol. The summed E-state index contributed by atoms with van der Waals surface area (Å²) in [6.07, 6.45) is 7.77. The van der Waals surface area contributed by atoms with E-state index in [0.717, 1.165) is 47.1 Å². The maximum atomic E-state index is 9.38. The number of benzene rings is 1. The van der Waals surface area contributed by atoms with Gasteiger partial charge in [0.1, 0.15) is 5.75 Å². The molecule has 3 heterocycles. The Kier molecular flexibility index (Phi) is 5.97. The van der Waals surface area contributed by atoms with E-state index in [1.165, 1.54) is 6.20 Å². The lowest BCUT2D eigenvalue weighted by Gasteiger charge is -2.10. The van der Waals surface area contributed by atoms with Crippen LogP contribution in [-0.2, 0) is 13.0 Å². The zero-order valence-corrected chi connectivity index (χ0v) is 16.8. The molecule has 0 aliphatic carbocycles. The molecule has 3 N–H and O–H groups in total. The van der Waals surface area contributed by atoms with Crippen LogP contribution in [0, 0.1) is 0 Å². The molecule has 0 amide bonds. The number of rotatable bonds is 8. The third kappa shape index (κ3) is 4.00. The molecule has 8 nitrogen and oxygen atoms in total. The molecule has 1 aromatic carbocycles. The first-order chi connectivity index (χ1) is 14.7. The molecule has 0 bridgehead atoms. The van der Waals surface area contributed by atoms with Crippen molar-refractivity contribution in [2.45, 2.75) is 25.9 Å². The fraction of sp³-hybridized carbons (Fsp3) is 0.273. The van der Waals surface area contributed by atoms with Crippen molar-refractivity contribution in [3.8, 4) is 22.8 Å². The molecule has 0 aliphatic heterocycles. The van der Waals surface area contributed by atoms with E-state index >= 15 is 0 Å². The van der Waals surface area contributed by atoms with Crippen LogP contribution in [0.2, 0.25) is 0 Å². The number of methoxy groups -OCH3 is 1. The quantitative estimate of drug-likeness (QED) is 0.434. The Morgan fingerprint density at radius 3 is 2.77 bits per heavy atom.